The van der Waals surface area contributed by atoms with Crippen LogP contribution in [-0.2, 0) is 19.7 Å². The van der Waals surface area contributed by atoms with Crippen LogP contribution in [0, 0.1) is 10.1 Å². The van der Waals surface area contributed by atoms with Gasteiger partial charge >= 0.3 is 11.8 Å². The molecule has 3 aromatic rings. The summed E-state index contributed by atoms with van der Waals surface area (Å²) in [6.07, 6.45) is 4.79. The van der Waals surface area contributed by atoms with Crippen molar-refractivity contribution in [1.29, 1.82) is 0 Å². The van der Waals surface area contributed by atoms with Crippen molar-refractivity contribution < 1.29 is 14.4 Å². The van der Waals surface area contributed by atoms with Gasteiger partial charge in [-0.05, 0) is 17.9 Å². The Labute approximate surface area is 147 Å². The van der Waals surface area contributed by atoms with Crippen LogP contribution >= 0.6 is 0 Å². The van der Waals surface area contributed by atoms with Gasteiger partial charge in [0.15, 0.2) is 0 Å². The van der Waals surface area contributed by atoms with E-state index in [1.807, 2.05) is 19.1 Å². The van der Waals surface area contributed by atoms with Gasteiger partial charge in [0.05, 0.1) is 19.3 Å². The van der Waals surface area contributed by atoms with E-state index in [1.165, 1.54) is 6.20 Å². The highest BCUT2D eigenvalue weighted by Crippen LogP contribution is 2.31. The van der Waals surface area contributed by atoms with Gasteiger partial charge < -0.3 is 19.6 Å². The molecule has 11 heteroatoms. The molecule has 1 atom stereocenters. The normalized spacial score (nSPS) is 18.3. The molecule has 3 aromatic heterocycles. The van der Waals surface area contributed by atoms with E-state index >= 15 is 0 Å². The number of nitro groups is 1. The summed E-state index contributed by atoms with van der Waals surface area (Å²) in [4.78, 5) is 18.2. The van der Waals surface area contributed by atoms with Crippen molar-refractivity contribution in [2.45, 2.75) is 32.2 Å². The molecule has 0 saturated heterocycles. The average molecular weight is 357 g/mol. The lowest BCUT2D eigenvalue weighted by Crippen LogP contribution is -2.36. The topological polar surface area (TPSA) is 123 Å². The number of rotatable bonds is 6. The van der Waals surface area contributed by atoms with E-state index in [1.54, 1.807) is 27.7 Å². The summed E-state index contributed by atoms with van der Waals surface area (Å²) in [7, 11) is 0. The van der Waals surface area contributed by atoms with E-state index in [-0.39, 0.29) is 18.4 Å². The molecule has 4 heterocycles. The third-order valence-corrected chi connectivity index (χ3v) is 3.85. The molecular formula is C15H15N7O4. The highest BCUT2D eigenvalue weighted by Gasteiger charge is 2.40. The molecular weight excluding hydrogens is 342 g/mol. The Balaban J connectivity index is 1.38. The van der Waals surface area contributed by atoms with Gasteiger partial charge in [0.2, 0.25) is 5.88 Å². The fourth-order valence-corrected chi connectivity index (χ4v) is 2.77. The van der Waals surface area contributed by atoms with Gasteiger partial charge in [-0.15, -0.1) is 5.10 Å². The standard InChI is InChI=1S/C15H15N7O4/c1-15(9-20-7-12(22(23)24)17-14(20)26-15)10-21-6-11(18-19-21)8-25-13-4-2-3-5-16-13/h2-7H,8-10H2,1H3. The van der Waals surface area contributed by atoms with Crippen LogP contribution in [0.15, 0.2) is 36.8 Å². The second-order valence-corrected chi connectivity index (χ2v) is 6.18. The molecule has 0 N–H and O–H groups in total. The third-order valence-electron chi connectivity index (χ3n) is 3.85. The van der Waals surface area contributed by atoms with Gasteiger partial charge in [-0.25, -0.2) is 9.67 Å². The first kappa shape index (κ1) is 16.0. The van der Waals surface area contributed by atoms with E-state index in [0.717, 1.165) is 0 Å². The fraction of sp³-hybridized carbons (Fsp3) is 0.333. The second kappa shape index (κ2) is 6.10. The second-order valence-electron chi connectivity index (χ2n) is 6.18. The Morgan fingerprint density at radius 2 is 2.31 bits per heavy atom. The van der Waals surface area contributed by atoms with Crippen LogP contribution < -0.4 is 9.47 Å². The zero-order chi connectivity index (χ0) is 18.1. The highest BCUT2D eigenvalue weighted by molar-refractivity contribution is 5.23. The molecule has 0 aromatic carbocycles. The molecule has 4 rings (SSSR count). The van der Waals surface area contributed by atoms with Gasteiger partial charge in [-0.1, -0.05) is 11.3 Å². The highest BCUT2D eigenvalue weighted by atomic mass is 16.6. The summed E-state index contributed by atoms with van der Waals surface area (Å²) >= 11 is 0. The summed E-state index contributed by atoms with van der Waals surface area (Å²) in [5.74, 6) is 0.289. The number of hydrogen-bond acceptors (Lipinski definition) is 8. The van der Waals surface area contributed by atoms with Crippen molar-refractivity contribution in [2.75, 3.05) is 0 Å². The van der Waals surface area contributed by atoms with Crippen molar-refractivity contribution in [3.63, 3.8) is 0 Å². The largest absolute Gasteiger partial charge is 0.471 e. The van der Waals surface area contributed by atoms with Crippen LogP contribution in [0.4, 0.5) is 5.82 Å². The number of pyridine rings is 1. The molecule has 0 amide bonds. The predicted octanol–water partition coefficient (Wildman–Crippen LogP) is 1.21. The van der Waals surface area contributed by atoms with Gasteiger partial charge in [-0.2, -0.15) is 0 Å². The molecule has 26 heavy (non-hydrogen) atoms. The molecule has 0 aliphatic carbocycles. The van der Waals surface area contributed by atoms with E-state index in [9.17, 15) is 10.1 Å². The first-order valence-corrected chi connectivity index (χ1v) is 7.84. The molecule has 1 aliphatic heterocycles. The van der Waals surface area contributed by atoms with Crippen LogP contribution in [0.25, 0.3) is 0 Å². The monoisotopic (exact) mass is 357 g/mol. The summed E-state index contributed by atoms with van der Waals surface area (Å²) < 4.78 is 14.6. The Morgan fingerprint density at radius 3 is 3.04 bits per heavy atom. The number of imidazole rings is 1. The Bertz CT molecular complexity index is 913. The zero-order valence-corrected chi connectivity index (χ0v) is 13.8. The first-order chi connectivity index (χ1) is 12.5. The molecule has 0 saturated carbocycles. The van der Waals surface area contributed by atoms with Gasteiger partial charge in [0, 0.05) is 17.2 Å². The SMILES string of the molecule is CC1(Cn2cc(COc3ccccn3)nn2)Cn2cc([N+](=O)[O-])nc2O1. The summed E-state index contributed by atoms with van der Waals surface area (Å²) in [5, 5.41) is 18.9. The smallest absolute Gasteiger partial charge is 0.415 e. The summed E-state index contributed by atoms with van der Waals surface area (Å²) in [6.45, 7) is 2.99. The van der Waals surface area contributed by atoms with Gasteiger partial charge in [0.1, 0.15) is 24.1 Å². The Hall–Kier alpha value is -3.50. The van der Waals surface area contributed by atoms with E-state index in [4.69, 9.17) is 9.47 Å². The van der Waals surface area contributed by atoms with Crippen molar-refractivity contribution in [3.05, 3.63) is 52.6 Å². The van der Waals surface area contributed by atoms with Gasteiger partial charge in [-0.3, -0.25) is 4.57 Å². The Kier molecular flexibility index (Phi) is 3.75. The molecule has 0 radical (unpaired) electrons. The van der Waals surface area contributed by atoms with Gasteiger partial charge in [0.25, 0.3) is 0 Å². The number of hydrogen-bond donors (Lipinski definition) is 0. The van der Waals surface area contributed by atoms with E-state index in [0.29, 0.717) is 24.7 Å². The minimum Gasteiger partial charge on any atom is -0.471 e. The quantitative estimate of drug-likeness (QED) is 0.476. The number of aromatic nitrogens is 6. The summed E-state index contributed by atoms with van der Waals surface area (Å²) in [5.41, 5.74) is 0.0372. The molecule has 0 bridgehead atoms. The van der Waals surface area contributed by atoms with Crippen LogP contribution in [0.3, 0.4) is 0 Å². The molecule has 134 valence electrons. The summed E-state index contributed by atoms with van der Waals surface area (Å²) in [6, 6.07) is 5.65. The van der Waals surface area contributed by atoms with Crippen molar-refractivity contribution in [2.24, 2.45) is 0 Å². The fourth-order valence-electron chi connectivity index (χ4n) is 2.77. The van der Waals surface area contributed by atoms with Crippen molar-refractivity contribution in [1.82, 2.24) is 29.5 Å². The average Bonchev–Trinajstić information content (AvgIpc) is 3.27. The molecule has 11 nitrogen and oxygen atoms in total. The molecule has 0 fully saturated rings. The third kappa shape index (κ3) is 3.18. The maximum absolute atomic E-state index is 10.8. The van der Waals surface area contributed by atoms with Crippen LogP contribution in [-0.4, -0.2) is 40.1 Å². The van der Waals surface area contributed by atoms with Crippen molar-refractivity contribution in [3.8, 4) is 11.9 Å². The predicted molar refractivity (Wildman–Crippen MR) is 86.5 cm³/mol. The van der Waals surface area contributed by atoms with E-state index < -0.39 is 10.5 Å². The molecule has 1 aliphatic rings. The number of ether oxygens (including phenoxy) is 2. The van der Waals surface area contributed by atoms with Crippen LogP contribution in [0.2, 0.25) is 0 Å². The molecule has 1 unspecified atom stereocenters. The van der Waals surface area contributed by atoms with Crippen LogP contribution in [0.5, 0.6) is 11.9 Å². The van der Waals surface area contributed by atoms with Crippen molar-refractivity contribution >= 4 is 5.82 Å². The number of nitrogens with zero attached hydrogens (tertiary/aromatic N) is 7. The Morgan fingerprint density at radius 1 is 1.42 bits per heavy atom. The minimum atomic E-state index is -0.621. The lowest BCUT2D eigenvalue weighted by Gasteiger charge is -2.21. The van der Waals surface area contributed by atoms with Crippen LogP contribution in [0.1, 0.15) is 12.6 Å². The number of fused-ring (bicyclic) bond motifs is 1. The first-order valence-electron chi connectivity index (χ1n) is 7.84. The van der Waals surface area contributed by atoms with E-state index in [2.05, 4.69) is 20.3 Å². The molecule has 0 spiro atoms. The minimum absolute atomic E-state index is 0.225. The maximum Gasteiger partial charge on any atom is 0.415 e. The lowest BCUT2D eigenvalue weighted by atomic mass is 10.1. The zero-order valence-electron chi connectivity index (χ0n) is 13.8. The lowest BCUT2D eigenvalue weighted by molar-refractivity contribution is -0.389. The maximum atomic E-state index is 10.8.